The lowest BCUT2D eigenvalue weighted by molar-refractivity contribution is -0.155. The van der Waals surface area contributed by atoms with Crippen LogP contribution in [0, 0.1) is 5.41 Å². The fraction of sp³-hybridized carbons (Fsp3) is 0.524. The molecule has 2 aliphatic rings. The molecule has 0 radical (unpaired) electrons. The Morgan fingerprint density at radius 1 is 1.24 bits per heavy atom. The number of Topliss-reactive ketones (excluding diaryl/α,β-unsaturated/α-hetero) is 1. The van der Waals surface area contributed by atoms with Gasteiger partial charge < -0.3 is 10.5 Å². The Hall–Kier alpha value is -1.94. The maximum atomic E-state index is 13.0. The molecule has 0 heterocycles. The molecule has 0 aliphatic heterocycles. The molecule has 25 heavy (non-hydrogen) atoms. The van der Waals surface area contributed by atoms with E-state index in [2.05, 4.69) is 18.2 Å². The number of carbonyl (C=O) groups excluding carboxylic acids is 2. The molecule has 1 fully saturated rings. The van der Waals surface area contributed by atoms with Gasteiger partial charge in [0, 0.05) is 6.42 Å². The summed E-state index contributed by atoms with van der Waals surface area (Å²) in [5.74, 6) is -0.315. The van der Waals surface area contributed by atoms with Crippen LogP contribution in [0.2, 0.25) is 0 Å². The topological polar surface area (TPSA) is 69.4 Å². The molecule has 4 nitrogen and oxygen atoms in total. The standard InChI is InChI=1S/C21H27NO3/c1-20(22,13-16-10-9-15-7-3-4-8-17(15)16)18(23)14-21(19(24)25-2)11-5-6-12-21/h3-4,7-8,10H,5-6,9,11-14,22H2,1-2H3/t20-/m1/s1. The number of rotatable bonds is 6. The molecule has 1 atom stereocenters. The highest BCUT2D eigenvalue weighted by Crippen LogP contribution is 2.44. The molecular formula is C21H27NO3. The van der Waals surface area contributed by atoms with Crippen molar-refractivity contribution >= 4 is 17.3 Å². The predicted octanol–water partition coefficient (Wildman–Crippen LogP) is 3.43. The Morgan fingerprint density at radius 3 is 2.60 bits per heavy atom. The molecule has 0 saturated heterocycles. The first-order valence-corrected chi connectivity index (χ1v) is 9.06. The zero-order chi connectivity index (χ0) is 18.1. The van der Waals surface area contributed by atoms with E-state index in [1.54, 1.807) is 6.92 Å². The Balaban J connectivity index is 1.74. The SMILES string of the molecule is COC(=O)C1(CC(=O)[C@](C)(N)CC2=CCc3ccccc32)CCCC1. The smallest absolute Gasteiger partial charge is 0.312 e. The number of carbonyl (C=O) groups is 2. The van der Waals surface area contributed by atoms with Crippen molar-refractivity contribution in [2.45, 2.75) is 57.4 Å². The van der Waals surface area contributed by atoms with E-state index in [1.165, 1.54) is 18.2 Å². The van der Waals surface area contributed by atoms with E-state index in [9.17, 15) is 9.59 Å². The van der Waals surface area contributed by atoms with Crippen molar-refractivity contribution in [3.63, 3.8) is 0 Å². The third kappa shape index (κ3) is 3.40. The average molecular weight is 341 g/mol. The van der Waals surface area contributed by atoms with E-state index < -0.39 is 11.0 Å². The fourth-order valence-corrected chi connectivity index (χ4v) is 4.25. The second kappa shape index (κ2) is 6.75. The third-order valence-electron chi connectivity index (χ3n) is 5.80. The van der Waals surface area contributed by atoms with Gasteiger partial charge >= 0.3 is 5.97 Å². The molecule has 0 amide bonds. The molecule has 0 spiro atoms. The van der Waals surface area contributed by atoms with Gasteiger partial charge in [0.1, 0.15) is 0 Å². The van der Waals surface area contributed by atoms with Crippen LogP contribution in [0.1, 0.15) is 56.6 Å². The van der Waals surface area contributed by atoms with Gasteiger partial charge in [0.15, 0.2) is 5.78 Å². The monoisotopic (exact) mass is 341 g/mol. The van der Waals surface area contributed by atoms with Gasteiger partial charge in [-0.3, -0.25) is 9.59 Å². The zero-order valence-electron chi connectivity index (χ0n) is 15.1. The molecule has 1 saturated carbocycles. The average Bonchev–Trinajstić information content (AvgIpc) is 3.22. The minimum absolute atomic E-state index is 0.0509. The van der Waals surface area contributed by atoms with Gasteiger partial charge in [-0.25, -0.2) is 0 Å². The van der Waals surface area contributed by atoms with Crippen LogP contribution in [0.5, 0.6) is 0 Å². The molecule has 134 valence electrons. The predicted molar refractivity (Wildman–Crippen MR) is 97.9 cm³/mol. The van der Waals surface area contributed by atoms with Gasteiger partial charge in [0.25, 0.3) is 0 Å². The summed E-state index contributed by atoms with van der Waals surface area (Å²) in [6, 6.07) is 8.24. The molecule has 0 unspecified atom stereocenters. The number of methoxy groups -OCH3 is 1. The van der Waals surface area contributed by atoms with E-state index in [1.807, 2.05) is 12.1 Å². The van der Waals surface area contributed by atoms with Gasteiger partial charge in [-0.05, 0) is 49.3 Å². The van der Waals surface area contributed by atoms with Crippen LogP contribution in [-0.4, -0.2) is 24.4 Å². The van der Waals surface area contributed by atoms with Gasteiger partial charge in [-0.15, -0.1) is 0 Å². The van der Waals surface area contributed by atoms with Crippen LogP contribution in [0.4, 0.5) is 0 Å². The Kier molecular flexibility index (Phi) is 4.83. The zero-order valence-corrected chi connectivity index (χ0v) is 15.1. The van der Waals surface area contributed by atoms with Crippen molar-refractivity contribution in [2.24, 2.45) is 11.1 Å². The van der Waals surface area contributed by atoms with Crippen molar-refractivity contribution < 1.29 is 14.3 Å². The normalized spacial score (nSPS) is 20.5. The van der Waals surface area contributed by atoms with Crippen LogP contribution in [-0.2, 0) is 20.7 Å². The molecule has 0 aromatic heterocycles. The van der Waals surface area contributed by atoms with Crippen LogP contribution in [0.25, 0.3) is 5.57 Å². The molecule has 4 heteroatoms. The van der Waals surface area contributed by atoms with Crippen molar-refractivity contribution in [3.05, 3.63) is 41.5 Å². The van der Waals surface area contributed by atoms with Crippen molar-refractivity contribution in [1.82, 2.24) is 0 Å². The number of nitrogens with two attached hydrogens (primary N) is 1. The summed E-state index contributed by atoms with van der Waals surface area (Å²) in [5.41, 5.74) is 8.38. The second-order valence-corrected chi connectivity index (χ2v) is 7.76. The maximum absolute atomic E-state index is 13.0. The number of benzene rings is 1. The maximum Gasteiger partial charge on any atom is 0.312 e. The summed E-state index contributed by atoms with van der Waals surface area (Å²) in [4.78, 5) is 25.3. The van der Waals surface area contributed by atoms with Gasteiger partial charge in [0.05, 0.1) is 18.1 Å². The molecular weight excluding hydrogens is 314 g/mol. The quantitative estimate of drug-likeness (QED) is 0.805. The number of ketones is 1. The van der Waals surface area contributed by atoms with Crippen LogP contribution >= 0.6 is 0 Å². The summed E-state index contributed by atoms with van der Waals surface area (Å²) in [6.45, 7) is 1.79. The fourth-order valence-electron chi connectivity index (χ4n) is 4.25. The number of ether oxygens (including phenoxy) is 1. The van der Waals surface area contributed by atoms with Crippen molar-refractivity contribution in [2.75, 3.05) is 7.11 Å². The number of hydrogen-bond acceptors (Lipinski definition) is 4. The van der Waals surface area contributed by atoms with Crippen molar-refractivity contribution in [1.29, 1.82) is 0 Å². The number of fused-ring (bicyclic) bond motifs is 1. The van der Waals surface area contributed by atoms with E-state index in [0.29, 0.717) is 19.3 Å². The summed E-state index contributed by atoms with van der Waals surface area (Å²) in [6.07, 6.45) is 7.09. The summed E-state index contributed by atoms with van der Waals surface area (Å²) in [7, 11) is 1.40. The second-order valence-electron chi connectivity index (χ2n) is 7.76. The highest BCUT2D eigenvalue weighted by Gasteiger charge is 2.46. The lowest BCUT2D eigenvalue weighted by Gasteiger charge is -2.31. The minimum Gasteiger partial charge on any atom is -0.469 e. The molecule has 3 rings (SSSR count). The number of hydrogen-bond donors (Lipinski definition) is 1. The number of esters is 1. The van der Waals surface area contributed by atoms with Crippen LogP contribution < -0.4 is 5.73 Å². The summed E-state index contributed by atoms with van der Waals surface area (Å²) >= 11 is 0. The van der Waals surface area contributed by atoms with Gasteiger partial charge in [-0.2, -0.15) is 0 Å². The summed E-state index contributed by atoms with van der Waals surface area (Å²) < 4.78 is 4.99. The molecule has 2 N–H and O–H groups in total. The molecule has 1 aromatic rings. The van der Waals surface area contributed by atoms with Crippen LogP contribution in [0.15, 0.2) is 30.3 Å². The molecule has 1 aromatic carbocycles. The Labute approximate surface area is 149 Å². The lowest BCUT2D eigenvalue weighted by Crippen LogP contribution is -2.48. The summed E-state index contributed by atoms with van der Waals surface area (Å²) in [5, 5.41) is 0. The Bertz CT molecular complexity index is 712. The first-order chi connectivity index (χ1) is 11.9. The highest BCUT2D eigenvalue weighted by atomic mass is 16.5. The van der Waals surface area contributed by atoms with Crippen LogP contribution in [0.3, 0.4) is 0 Å². The highest BCUT2D eigenvalue weighted by molar-refractivity contribution is 5.94. The first kappa shape index (κ1) is 17.9. The van der Waals surface area contributed by atoms with Gasteiger partial charge in [0.2, 0.25) is 0 Å². The lowest BCUT2D eigenvalue weighted by atomic mass is 9.75. The number of allylic oxidation sites excluding steroid dienone is 1. The van der Waals surface area contributed by atoms with E-state index in [-0.39, 0.29) is 18.2 Å². The Morgan fingerprint density at radius 2 is 1.92 bits per heavy atom. The minimum atomic E-state index is -0.979. The van der Waals surface area contributed by atoms with E-state index >= 15 is 0 Å². The molecule has 2 aliphatic carbocycles. The van der Waals surface area contributed by atoms with E-state index in [0.717, 1.165) is 24.8 Å². The first-order valence-electron chi connectivity index (χ1n) is 9.06. The van der Waals surface area contributed by atoms with E-state index in [4.69, 9.17) is 10.5 Å². The molecule has 0 bridgehead atoms. The van der Waals surface area contributed by atoms with Crippen molar-refractivity contribution in [3.8, 4) is 0 Å². The largest absolute Gasteiger partial charge is 0.469 e. The third-order valence-corrected chi connectivity index (χ3v) is 5.80. The van der Waals surface area contributed by atoms with Gasteiger partial charge in [-0.1, -0.05) is 43.2 Å².